The highest BCUT2D eigenvalue weighted by molar-refractivity contribution is 5.79. The summed E-state index contributed by atoms with van der Waals surface area (Å²) in [5, 5.41) is 0. The van der Waals surface area contributed by atoms with Crippen molar-refractivity contribution < 1.29 is 9.53 Å². The van der Waals surface area contributed by atoms with Gasteiger partial charge in [-0.25, -0.2) is 0 Å². The number of ether oxygens (including phenoxy) is 1. The monoisotopic (exact) mass is 294 g/mol. The van der Waals surface area contributed by atoms with Crippen LogP contribution in [0.5, 0.6) is 0 Å². The molecule has 21 heavy (non-hydrogen) atoms. The highest BCUT2D eigenvalue weighted by Crippen LogP contribution is 2.29. The Kier molecular flexibility index (Phi) is 5.17. The molecule has 0 aromatic heterocycles. The van der Waals surface area contributed by atoms with Crippen LogP contribution in [0.2, 0.25) is 0 Å². The van der Waals surface area contributed by atoms with Crippen LogP contribution in [-0.4, -0.2) is 60.6 Å². The van der Waals surface area contributed by atoms with Crippen molar-refractivity contribution in [2.24, 2.45) is 5.92 Å². The first-order valence-corrected chi connectivity index (χ1v) is 8.92. The van der Waals surface area contributed by atoms with Crippen molar-refractivity contribution in [2.75, 3.05) is 32.8 Å². The molecular weight excluding hydrogens is 264 g/mol. The Balaban J connectivity index is 1.48. The third-order valence-corrected chi connectivity index (χ3v) is 5.62. The molecule has 3 fully saturated rings. The molecule has 0 atom stereocenters. The molecule has 3 aliphatic rings. The topological polar surface area (TPSA) is 32.8 Å². The minimum absolute atomic E-state index is 0.331. The predicted molar refractivity (Wildman–Crippen MR) is 83.2 cm³/mol. The van der Waals surface area contributed by atoms with Crippen LogP contribution in [0, 0.1) is 5.92 Å². The van der Waals surface area contributed by atoms with Crippen LogP contribution < -0.4 is 0 Å². The summed E-state index contributed by atoms with van der Waals surface area (Å²) in [4.78, 5) is 17.2. The zero-order chi connectivity index (χ0) is 14.7. The zero-order valence-electron chi connectivity index (χ0n) is 13.4. The van der Waals surface area contributed by atoms with Gasteiger partial charge in [0, 0.05) is 44.3 Å². The van der Waals surface area contributed by atoms with E-state index in [1.54, 1.807) is 0 Å². The summed E-state index contributed by atoms with van der Waals surface area (Å²) < 4.78 is 5.47. The van der Waals surface area contributed by atoms with Gasteiger partial charge in [0.2, 0.25) is 5.91 Å². The lowest BCUT2D eigenvalue weighted by Gasteiger charge is -2.49. The summed E-state index contributed by atoms with van der Waals surface area (Å²) >= 11 is 0. The molecule has 0 radical (unpaired) electrons. The van der Waals surface area contributed by atoms with E-state index in [-0.39, 0.29) is 0 Å². The first kappa shape index (κ1) is 15.3. The van der Waals surface area contributed by atoms with Gasteiger partial charge < -0.3 is 9.64 Å². The Bertz CT molecular complexity index is 343. The molecule has 4 nitrogen and oxygen atoms in total. The van der Waals surface area contributed by atoms with Crippen LogP contribution >= 0.6 is 0 Å². The number of amides is 1. The lowest BCUT2D eigenvalue weighted by molar-refractivity contribution is -0.145. The maximum absolute atomic E-state index is 12.5. The first-order valence-electron chi connectivity index (χ1n) is 8.92. The van der Waals surface area contributed by atoms with Crippen molar-refractivity contribution in [2.45, 2.75) is 64.0 Å². The fraction of sp³-hybridized carbons (Fsp3) is 0.941. The maximum atomic E-state index is 12.5. The molecule has 0 aromatic carbocycles. The Morgan fingerprint density at radius 2 is 1.71 bits per heavy atom. The van der Waals surface area contributed by atoms with Crippen molar-refractivity contribution >= 4 is 5.91 Å². The fourth-order valence-corrected chi connectivity index (χ4v) is 4.28. The van der Waals surface area contributed by atoms with Gasteiger partial charge in [-0.15, -0.1) is 0 Å². The standard InChI is InChI=1S/C17H30N2O2/c1-2-19(15-8-10-21-11-9-15)16-12-18(13-16)17(20)14-6-4-3-5-7-14/h14-16H,2-13H2,1H3. The van der Waals surface area contributed by atoms with E-state index in [0.717, 1.165) is 58.5 Å². The van der Waals surface area contributed by atoms with Gasteiger partial charge in [-0.2, -0.15) is 0 Å². The zero-order valence-corrected chi connectivity index (χ0v) is 13.4. The molecule has 3 rings (SSSR count). The average Bonchev–Trinajstić information content (AvgIpc) is 2.51. The average molecular weight is 294 g/mol. The van der Waals surface area contributed by atoms with Gasteiger partial charge in [0.05, 0.1) is 0 Å². The molecule has 4 heteroatoms. The number of hydrogen-bond acceptors (Lipinski definition) is 3. The second-order valence-electron chi connectivity index (χ2n) is 6.91. The lowest BCUT2D eigenvalue weighted by atomic mass is 9.87. The van der Waals surface area contributed by atoms with Gasteiger partial charge in [0.25, 0.3) is 0 Å². The van der Waals surface area contributed by atoms with Gasteiger partial charge in [0.1, 0.15) is 0 Å². The van der Waals surface area contributed by atoms with Crippen LogP contribution in [0.4, 0.5) is 0 Å². The molecule has 1 aliphatic carbocycles. The SMILES string of the molecule is CCN(C1CCOCC1)C1CN(C(=O)C2CCCCC2)C1. The lowest BCUT2D eigenvalue weighted by Crippen LogP contribution is -2.64. The van der Waals surface area contributed by atoms with Gasteiger partial charge in [-0.3, -0.25) is 9.69 Å². The molecular formula is C17H30N2O2. The number of hydrogen-bond donors (Lipinski definition) is 0. The van der Waals surface area contributed by atoms with Crippen molar-refractivity contribution in [1.82, 2.24) is 9.80 Å². The van der Waals surface area contributed by atoms with Gasteiger partial charge in [0.15, 0.2) is 0 Å². The number of nitrogens with zero attached hydrogens (tertiary/aromatic N) is 2. The molecule has 1 saturated carbocycles. The van der Waals surface area contributed by atoms with Crippen LogP contribution in [0.3, 0.4) is 0 Å². The summed E-state index contributed by atoms with van der Waals surface area (Å²) in [6, 6.07) is 1.26. The number of likely N-dealkylation sites (N-methyl/N-ethyl adjacent to an activating group) is 1. The number of carbonyl (C=O) groups is 1. The minimum Gasteiger partial charge on any atom is -0.381 e. The van der Waals surface area contributed by atoms with Gasteiger partial charge in [-0.1, -0.05) is 26.2 Å². The maximum Gasteiger partial charge on any atom is 0.225 e. The molecule has 0 spiro atoms. The number of carbonyl (C=O) groups excluding carboxylic acids is 1. The predicted octanol–water partition coefficient (Wildman–Crippen LogP) is 2.28. The van der Waals surface area contributed by atoms with E-state index in [0.29, 0.717) is 23.9 Å². The third kappa shape index (κ3) is 3.42. The van der Waals surface area contributed by atoms with Crippen molar-refractivity contribution in [3.05, 3.63) is 0 Å². The summed E-state index contributed by atoms with van der Waals surface area (Å²) in [7, 11) is 0. The van der Waals surface area contributed by atoms with Crippen molar-refractivity contribution in [3.63, 3.8) is 0 Å². The van der Waals surface area contributed by atoms with Crippen molar-refractivity contribution in [3.8, 4) is 0 Å². The van der Waals surface area contributed by atoms with E-state index in [4.69, 9.17) is 4.74 Å². The molecule has 1 amide bonds. The van der Waals surface area contributed by atoms with Gasteiger partial charge >= 0.3 is 0 Å². The highest BCUT2D eigenvalue weighted by Gasteiger charge is 2.39. The second kappa shape index (κ2) is 7.10. The first-order chi connectivity index (χ1) is 10.3. The van der Waals surface area contributed by atoms with E-state index in [2.05, 4.69) is 16.7 Å². The molecule has 0 unspecified atom stereocenters. The highest BCUT2D eigenvalue weighted by atomic mass is 16.5. The number of likely N-dealkylation sites (tertiary alicyclic amines) is 1. The van der Waals surface area contributed by atoms with Gasteiger partial charge in [-0.05, 0) is 32.2 Å². The normalized spacial score (nSPS) is 26.1. The van der Waals surface area contributed by atoms with Crippen LogP contribution in [0.25, 0.3) is 0 Å². The Hall–Kier alpha value is -0.610. The third-order valence-electron chi connectivity index (χ3n) is 5.62. The van der Waals surface area contributed by atoms with E-state index in [9.17, 15) is 4.79 Å². The molecule has 0 N–H and O–H groups in total. The summed E-state index contributed by atoms with van der Waals surface area (Å²) in [6.45, 7) is 7.07. The molecule has 2 heterocycles. The summed E-state index contributed by atoms with van der Waals surface area (Å²) in [5.74, 6) is 0.770. The smallest absolute Gasteiger partial charge is 0.225 e. The molecule has 120 valence electrons. The van der Waals surface area contributed by atoms with Crippen LogP contribution in [0.15, 0.2) is 0 Å². The van der Waals surface area contributed by atoms with Crippen molar-refractivity contribution in [1.29, 1.82) is 0 Å². The van der Waals surface area contributed by atoms with Crippen LogP contribution in [0.1, 0.15) is 51.9 Å². The quantitative estimate of drug-likeness (QED) is 0.797. The molecule has 2 aliphatic heterocycles. The molecule has 0 aromatic rings. The molecule has 2 saturated heterocycles. The summed E-state index contributed by atoms with van der Waals surface area (Å²) in [6.07, 6.45) is 8.37. The minimum atomic E-state index is 0.331. The van der Waals surface area contributed by atoms with E-state index in [1.165, 1.54) is 19.3 Å². The largest absolute Gasteiger partial charge is 0.381 e. The Labute approximate surface area is 128 Å². The fourth-order valence-electron chi connectivity index (χ4n) is 4.28. The van der Waals surface area contributed by atoms with E-state index < -0.39 is 0 Å². The van der Waals surface area contributed by atoms with E-state index in [1.807, 2.05) is 0 Å². The van der Waals surface area contributed by atoms with Crippen LogP contribution in [-0.2, 0) is 9.53 Å². The Morgan fingerprint density at radius 3 is 2.33 bits per heavy atom. The number of rotatable bonds is 4. The second-order valence-corrected chi connectivity index (χ2v) is 6.91. The molecule has 0 bridgehead atoms. The Morgan fingerprint density at radius 1 is 1.05 bits per heavy atom. The summed E-state index contributed by atoms with van der Waals surface area (Å²) in [5.41, 5.74) is 0. The van der Waals surface area contributed by atoms with E-state index >= 15 is 0 Å².